The number of morpholine rings is 1. The Morgan fingerprint density at radius 2 is 1.92 bits per heavy atom. The molecule has 0 atom stereocenters. The van der Waals surface area contributed by atoms with Gasteiger partial charge in [-0.25, -0.2) is 9.97 Å². The number of benzene rings is 1. The molecule has 1 aromatic carbocycles. The van der Waals surface area contributed by atoms with Crippen molar-refractivity contribution in [2.45, 2.75) is 44.7 Å². The van der Waals surface area contributed by atoms with E-state index >= 15 is 0 Å². The Morgan fingerprint density at radius 3 is 2.69 bits per heavy atom. The molecule has 0 bridgehead atoms. The van der Waals surface area contributed by atoms with E-state index in [1.807, 2.05) is 6.92 Å². The lowest BCUT2D eigenvalue weighted by Gasteiger charge is -2.39. The molecule has 0 unspecified atom stereocenters. The number of hydrogen-bond donors (Lipinski definition) is 1. The lowest BCUT2D eigenvalue weighted by Crippen LogP contribution is -2.46. The van der Waals surface area contributed by atoms with Crippen LogP contribution in [-0.2, 0) is 4.74 Å². The van der Waals surface area contributed by atoms with Crippen LogP contribution in [0.15, 0.2) is 30.6 Å². The maximum Gasteiger partial charge on any atom is 0.137 e. The molecule has 2 heterocycles. The van der Waals surface area contributed by atoms with E-state index in [1.54, 1.807) is 6.33 Å². The highest BCUT2D eigenvalue weighted by Gasteiger charge is 2.27. The predicted octanol–water partition coefficient (Wildman–Crippen LogP) is 3.72. The Kier molecular flexibility index (Phi) is 5.46. The second kappa shape index (κ2) is 8.14. The van der Waals surface area contributed by atoms with Crippen molar-refractivity contribution < 1.29 is 4.74 Å². The third kappa shape index (κ3) is 3.89. The van der Waals surface area contributed by atoms with Gasteiger partial charge < -0.3 is 10.1 Å². The summed E-state index contributed by atoms with van der Waals surface area (Å²) in [5.74, 6) is 0.969. The molecule has 0 spiro atoms. The smallest absolute Gasteiger partial charge is 0.137 e. The van der Waals surface area contributed by atoms with Crippen molar-refractivity contribution in [3.63, 3.8) is 0 Å². The minimum absolute atomic E-state index is 0.496. The number of aromatic nitrogens is 2. The number of allylic oxidation sites excluding steroid dienone is 1. The lowest BCUT2D eigenvalue weighted by molar-refractivity contribution is 0.00791. The number of rotatable bonds is 4. The van der Waals surface area contributed by atoms with E-state index in [9.17, 15) is 0 Å². The predicted molar refractivity (Wildman–Crippen MR) is 106 cm³/mol. The van der Waals surface area contributed by atoms with Crippen molar-refractivity contribution in [3.8, 4) is 0 Å². The van der Waals surface area contributed by atoms with Gasteiger partial charge in [0.1, 0.15) is 12.1 Å². The standard InChI is InChI=1S/C21H28N4O/c1-2-3-16-4-9-20-19(14-16)21(23-15-22-20)24-17-5-7-18(8-6-17)25-10-12-26-13-11-25/h2-4,9,14-15,17-18H,5-8,10-13H2,1H3,(H,22,23,24)/b3-2+. The van der Waals surface area contributed by atoms with Crippen molar-refractivity contribution in [1.29, 1.82) is 0 Å². The molecule has 1 aliphatic heterocycles. The molecular weight excluding hydrogens is 324 g/mol. The van der Waals surface area contributed by atoms with Crippen molar-refractivity contribution in [2.75, 3.05) is 31.6 Å². The zero-order valence-electron chi connectivity index (χ0n) is 15.5. The fraction of sp³-hybridized carbons (Fsp3) is 0.524. The van der Waals surface area contributed by atoms with Crippen LogP contribution in [0.25, 0.3) is 17.0 Å². The van der Waals surface area contributed by atoms with E-state index in [-0.39, 0.29) is 0 Å². The van der Waals surface area contributed by atoms with Gasteiger partial charge in [-0.15, -0.1) is 0 Å². The maximum atomic E-state index is 5.49. The highest BCUT2D eigenvalue weighted by atomic mass is 16.5. The molecule has 5 heteroatoms. The summed E-state index contributed by atoms with van der Waals surface area (Å²) in [4.78, 5) is 11.6. The number of ether oxygens (including phenoxy) is 1. The quantitative estimate of drug-likeness (QED) is 0.909. The zero-order valence-corrected chi connectivity index (χ0v) is 15.5. The molecule has 5 nitrogen and oxygen atoms in total. The third-order valence-electron chi connectivity index (χ3n) is 5.62. The largest absolute Gasteiger partial charge is 0.379 e. The second-order valence-corrected chi connectivity index (χ2v) is 7.30. The van der Waals surface area contributed by atoms with Crippen LogP contribution in [0.2, 0.25) is 0 Å². The molecule has 2 aromatic rings. The van der Waals surface area contributed by atoms with Gasteiger partial charge in [0.15, 0.2) is 0 Å². The van der Waals surface area contributed by atoms with Crippen molar-refractivity contribution >= 4 is 22.8 Å². The van der Waals surface area contributed by atoms with E-state index in [1.165, 1.54) is 31.2 Å². The van der Waals surface area contributed by atoms with Crippen LogP contribution in [0.1, 0.15) is 38.2 Å². The minimum Gasteiger partial charge on any atom is -0.379 e. The minimum atomic E-state index is 0.496. The molecule has 2 fully saturated rings. The molecule has 1 saturated carbocycles. The molecule has 4 rings (SSSR count). The summed E-state index contributed by atoms with van der Waals surface area (Å²) in [5, 5.41) is 4.81. The summed E-state index contributed by atoms with van der Waals surface area (Å²) in [5.41, 5.74) is 2.19. The van der Waals surface area contributed by atoms with Crippen LogP contribution in [-0.4, -0.2) is 53.3 Å². The first-order valence-corrected chi connectivity index (χ1v) is 9.79. The first-order chi connectivity index (χ1) is 12.8. The average molecular weight is 352 g/mol. The van der Waals surface area contributed by atoms with Gasteiger partial charge in [-0.2, -0.15) is 0 Å². The molecule has 1 N–H and O–H groups in total. The number of nitrogens with one attached hydrogen (secondary N) is 1. The van der Waals surface area contributed by atoms with Gasteiger partial charge in [-0.05, 0) is 50.3 Å². The van der Waals surface area contributed by atoms with E-state index in [2.05, 4.69) is 50.5 Å². The molecule has 0 radical (unpaired) electrons. The van der Waals surface area contributed by atoms with E-state index in [4.69, 9.17) is 4.74 Å². The van der Waals surface area contributed by atoms with Gasteiger partial charge in [-0.3, -0.25) is 4.90 Å². The highest BCUT2D eigenvalue weighted by molar-refractivity contribution is 5.90. The fourth-order valence-electron chi connectivity index (χ4n) is 4.21. The molecule has 2 aliphatic rings. The Bertz CT molecular complexity index is 762. The Balaban J connectivity index is 1.43. The molecule has 26 heavy (non-hydrogen) atoms. The molecule has 1 aromatic heterocycles. The van der Waals surface area contributed by atoms with Crippen molar-refractivity contribution in [2.24, 2.45) is 0 Å². The first-order valence-electron chi connectivity index (χ1n) is 9.79. The molecule has 1 aliphatic carbocycles. The van der Waals surface area contributed by atoms with Gasteiger partial charge in [0.05, 0.1) is 18.7 Å². The van der Waals surface area contributed by atoms with Gasteiger partial charge in [0.25, 0.3) is 0 Å². The van der Waals surface area contributed by atoms with Crippen LogP contribution < -0.4 is 5.32 Å². The van der Waals surface area contributed by atoms with Crippen molar-refractivity contribution in [1.82, 2.24) is 14.9 Å². The second-order valence-electron chi connectivity index (χ2n) is 7.30. The van der Waals surface area contributed by atoms with Crippen LogP contribution >= 0.6 is 0 Å². The third-order valence-corrected chi connectivity index (χ3v) is 5.62. The number of fused-ring (bicyclic) bond motifs is 1. The summed E-state index contributed by atoms with van der Waals surface area (Å²) < 4.78 is 5.49. The summed E-state index contributed by atoms with van der Waals surface area (Å²) in [6.45, 7) is 6.00. The summed E-state index contributed by atoms with van der Waals surface area (Å²) in [6.07, 6.45) is 10.7. The fourth-order valence-corrected chi connectivity index (χ4v) is 4.21. The SMILES string of the molecule is C/C=C/c1ccc2ncnc(NC3CCC(N4CCOCC4)CC3)c2c1. The van der Waals surface area contributed by atoms with Crippen LogP contribution in [0.4, 0.5) is 5.82 Å². The average Bonchev–Trinajstić information content (AvgIpc) is 2.70. The highest BCUT2D eigenvalue weighted by Crippen LogP contribution is 2.28. The van der Waals surface area contributed by atoms with E-state index in [0.29, 0.717) is 6.04 Å². The number of hydrogen-bond acceptors (Lipinski definition) is 5. The van der Waals surface area contributed by atoms with Crippen molar-refractivity contribution in [3.05, 3.63) is 36.2 Å². The normalized spacial score (nSPS) is 25.0. The molecule has 0 amide bonds. The molecular formula is C21H28N4O. The first kappa shape index (κ1) is 17.4. The van der Waals surface area contributed by atoms with E-state index in [0.717, 1.165) is 49.1 Å². The van der Waals surface area contributed by atoms with Crippen LogP contribution in [0.5, 0.6) is 0 Å². The number of anilines is 1. The molecule has 138 valence electrons. The van der Waals surface area contributed by atoms with Gasteiger partial charge in [0.2, 0.25) is 0 Å². The molecule has 1 saturated heterocycles. The van der Waals surface area contributed by atoms with Crippen LogP contribution in [0.3, 0.4) is 0 Å². The Hall–Kier alpha value is -1.98. The van der Waals surface area contributed by atoms with Gasteiger partial charge >= 0.3 is 0 Å². The lowest BCUT2D eigenvalue weighted by atomic mass is 9.90. The summed E-state index contributed by atoms with van der Waals surface area (Å²) >= 11 is 0. The van der Waals surface area contributed by atoms with E-state index < -0.39 is 0 Å². The number of nitrogens with zero attached hydrogens (tertiary/aromatic N) is 3. The zero-order chi connectivity index (χ0) is 17.8. The summed E-state index contributed by atoms with van der Waals surface area (Å²) in [6, 6.07) is 7.58. The van der Waals surface area contributed by atoms with Gasteiger partial charge in [-0.1, -0.05) is 18.2 Å². The van der Waals surface area contributed by atoms with Crippen LogP contribution in [0, 0.1) is 0 Å². The van der Waals surface area contributed by atoms with Gasteiger partial charge in [0, 0.05) is 30.6 Å². The monoisotopic (exact) mass is 352 g/mol. The Morgan fingerprint density at radius 1 is 1.12 bits per heavy atom. The summed E-state index contributed by atoms with van der Waals surface area (Å²) in [7, 11) is 0. The maximum absolute atomic E-state index is 5.49. The Labute approximate surface area is 155 Å². The topological polar surface area (TPSA) is 50.3 Å².